The maximum atomic E-state index is 6.00. The first-order chi connectivity index (χ1) is 7.79. The Labute approximate surface area is 102 Å². The highest BCUT2D eigenvalue weighted by Crippen LogP contribution is 2.16. The van der Waals surface area contributed by atoms with Crippen LogP contribution in [-0.4, -0.2) is 36.1 Å². The fraction of sp³-hybridized carbons (Fsp3) is 0.583. The van der Waals surface area contributed by atoms with Crippen molar-refractivity contribution in [1.29, 1.82) is 0 Å². The zero-order valence-electron chi connectivity index (χ0n) is 9.67. The average molecular weight is 240 g/mol. The number of hydrogen-bond donors (Lipinski definition) is 1. The number of piperazine rings is 1. The van der Waals surface area contributed by atoms with Gasteiger partial charge in [-0.3, -0.25) is 4.90 Å². The van der Waals surface area contributed by atoms with E-state index in [0.29, 0.717) is 5.15 Å². The van der Waals surface area contributed by atoms with Gasteiger partial charge in [0.05, 0.1) is 0 Å². The molecule has 1 fully saturated rings. The molecule has 1 aliphatic rings. The summed E-state index contributed by atoms with van der Waals surface area (Å²) in [6.07, 6.45) is 2.84. The van der Waals surface area contributed by atoms with Crippen molar-refractivity contribution in [3.05, 3.63) is 28.5 Å². The van der Waals surface area contributed by atoms with Crippen LogP contribution in [0.5, 0.6) is 0 Å². The molecule has 1 N–H and O–H groups in total. The van der Waals surface area contributed by atoms with E-state index in [1.165, 1.54) is 5.56 Å². The maximum Gasteiger partial charge on any atom is 0.132 e. The molecule has 2 rings (SSSR count). The van der Waals surface area contributed by atoms with Crippen LogP contribution in [0.25, 0.3) is 0 Å². The summed E-state index contributed by atoms with van der Waals surface area (Å²) >= 11 is 6.00. The number of aryl methyl sites for hydroxylation is 1. The summed E-state index contributed by atoms with van der Waals surface area (Å²) in [5.41, 5.74) is 2.41. The lowest BCUT2D eigenvalue weighted by atomic mass is 10.1. The Morgan fingerprint density at radius 1 is 1.44 bits per heavy atom. The first-order valence-corrected chi connectivity index (χ1v) is 6.23. The molecule has 1 saturated heterocycles. The number of aromatic nitrogens is 1. The molecule has 0 atom stereocenters. The van der Waals surface area contributed by atoms with Gasteiger partial charge in [0, 0.05) is 38.9 Å². The van der Waals surface area contributed by atoms with E-state index in [9.17, 15) is 0 Å². The van der Waals surface area contributed by atoms with Crippen molar-refractivity contribution in [2.45, 2.75) is 19.9 Å². The van der Waals surface area contributed by atoms with E-state index in [-0.39, 0.29) is 0 Å². The molecule has 3 nitrogen and oxygen atoms in total. The summed E-state index contributed by atoms with van der Waals surface area (Å²) in [5.74, 6) is 0. The molecule has 4 heteroatoms. The van der Waals surface area contributed by atoms with E-state index in [1.807, 2.05) is 6.20 Å². The molecule has 88 valence electrons. The highest BCUT2D eigenvalue weighted by molar-refractivity contribution is 6.30. The van der Waals surface area contributed by atoms with Crippen molar-refractivity contribution in [2.75, 3.05) is 26.2 Å². The molecule has 1 aliphatic heterocycles. The largest absolute Gasteiger partial charge is 0.314 e. The number of rotatable bonds is 3. The van der Waals surface area contributed by atoms with Crippen molar-refractivity contribution >= 4 is 11.6 Å². The minimum absolute atomic E-state index is 0.645. The second-order valence-corrected chi connectivity index (χ2v) is 4.53. The summed E-state index contributed by atoms with van der Waals surface area (Å²) in [4.78, 5) is 6.68. The Hall–Kier alpha value is -0.640. The zero-order chi connectivity index (χ0) is 11.4. The highest BCUT2D eigenvalue weighted by atomic mass is 35.5. The van der Waals surface area contributed by atoms with Crippen LogP contribution < -0.4 is 5.32 Å². The van der Waals surface area contributed by atoms with Gasteiger partial charge >= 0.3 is 0 Å². The van der Waals surface area contributed by atoms with E-state index >= 15 is 0 Å². The maximum absolute atomic E-state index is 6.00. The molecule has 0 amide bonds. The van der Waals surface area contributed by atoms with E-state index in [4.69, 9.17) is 11.6 Å². The zero-order valence-corrected chi connectivity index (χ0v) is 10.4. The van der Waals surface area contributed by atoms with Crippen molar-refractivity contribution in [1.82, 2.24) is 15.2 Å². The second kappa shape index (κ2) is 5.62. The summed E-state index contributed by atoms with van der Waals surface area (Å²) in [6.45, 7) is 7.49. The van der Waals surface area contributed by atoms with Crippen molar-refractivity contribution < 1.29 is 0 Å². The van der Waals surface area contributed by atoms with E-state index in [0.717, 1.165) is 44.7 Å². The lowest BCUT2D eigenvalue weighted by molar-refractivity contribution is 0.233. The fourth-order valence-corrected chi connectivity index (χ4v) is 2.24. The Kier molecular flexibility index (Phi) is 4.16. The first-order valence-electron chi connectivity index (χ1n) is 5.86. The van der Waals surface area contributed by atoms with Crippen LogP contribution in [0, 0.1) is 0 Å². The monoisotopic (exact) mass is 239 g/mol. The van der Waals surface area contributed by atoms with Gasteiger partial charge in [-0.25, -0.2) is 4.98 Å². The summed E-state index contributed by atoms with van der Waals surface area (Å²) in [7, 11) is 0. The molecule has 0 aliphatic carbocycles. The van der Waals surface area contributed by atoms with Crippen LogP contribution in [0.3, 0.4) is 0 Å². The number of nitrogens with zero attached hydrogens (tertiary/aromatic N) is 2. The molecule has 0 radical (unpaired) electrons. The lowest BCUT2D eigenvalue weighted by Crippen LogP contribution is -2.42. The second-order valence-electron chi connectivity index (χ2n) is 4.17. The van der Waals surface area contributed by atoms with Gasteiger partial charge in [-0.1, -0.05) is 18.5 Å². The Bertz CT molecular complexity index is 348. The average Bonchev–Trinajstić information content (AvgIpc) is 2.33. The fourth-order valence-electron chi connectivity index (χ4n) is 2.00. The Morgan fingerprint density at radius 2 is 2.19 bits per heavy atom. The number of hydrogen-bond acceptors (Lipinski definition) is 3. The summed E-state index contributed by atoms with van der Waals surface area (Å²) in [6, 6.07) is 2.18. The molecule has 1 aromatic heterocycles. The van der Waals surface area contributed by atoms with Gasteiger partial charge in [0.25, 0.3) is 0 Å². The topological polar surface area (TPSA) is 28.2 Å². The molecule has 0 unspecified atom stereocenters. The smallest absolute Gasteiger partial charge is 0.132 e. The highest BCUT2D eigenvalue weighted by Gasteiger charge is 2.10. The predicted molar refractivity (Wildman–Crippen MR) is 66.8 cm³/mol. The number of nitrogens with one attached hydrogen (secondary N) is 1. The van der Waals surface area contributed by atoms with Gasteiger partial charge in [0.2, 0.25) is 0 Å². The third-order valence-corrected chi connectivity index (χ3v) is 3.31. The minimum atomic E-state index is 0.645. The molecule has 2 heterocycles. The number of halogens is 1. The molecular formula is C12H18ClN3. The SMILES string of the molecule is CCc1cc(CN2CCNCC2)cnc1Cl. The minimum Gasteiger partial charge on any atom is -0.314 e. The van der Waals surface area contributed by atoms with Crippen molar-refractivity contribution in [3.8, 4) is 0 Å². The van der Waals surface area contributed by atoms with Gasteiger partial charge in [-0.05, 0) is 23.6 Å². The van der Waals surface area contributed by atoms with E-state index in [1.54, 1.807) is 0 Å². The van der Waals surface area contributed by atoms with Crippen LogP contribution >= 0.6 is 11.6 Å². The van der Waals surface area contributed by atoms with Crippen LogP contribution in [-0.2, 0) is 13.0 Å². The third-order valence-electron chi connectivity index (χ3n) is 2.97. The quantitative estimate of drug-likeness (QED) is 0.814. The molecule has 0 bridgehead atoms. The Balaban J connectivity index is 2.03. The molecule has 0 spiro atoms. The van der Waals surface area contributed by atoms with Gasteiger partial charge < -0.3 is 5.32 Å². The van der Waals surface area contributed by atoms with Crippen LogP contribution in [0.2, 0.25) is 5.15 Å². The van der Waals surface area contributed by atoms with Crippen LogP contribution in [0.4, 0.5) is 0 Å². The Morgan fingerprint density at radius 3 is 2.88 bits per heavy atom. The molecule has 16 heavy (non-hydrogen) atoms. The normalized spacial score (nSPS) is 17.6. The summed E-state index contributed by atoms with van der Waals surface area (Å²) in [5, 5.41) is 4.00. The predicted octanol–water partition coefficient (Wildman–Crippen LogP) is 1.70. The van der Waals surface area contributed by atoms with Crippen molar-refractivity contribution in [2.24, 2.45) is 0 Å². The van der Waals surface area contributed by atoms with Gasteiger partial charge in [-0.2, -0.15) is 0 Å². The van der Waals surface area contributed by atoms with Gasteiger partial charge in [0.15, 0.2) is 0 Å². The van der Waals surface area contributed by atoms with E-state index < -0.39 is 0 Å². The third kappa shape index (κ3) is 2.94. The van der Waals surface area contributed by atoms with Crippen molar-refractivity contribution in [3.63, 3.8) is 0 Å². The van der Waals surface area contributed by atoms with Crippen LogP contribution in [0.1, 0.15) is 18.1 Å². The summed E-state index contributed by atoms with van der Waals surface area (Å²) < 4.78 is 0. The number of pyridine rings is 1. The molecule has 0 saturated carbocycles. The first kappa shape index (κ1) is 11.8. The van der Waals surface area contributed by atoms with Gasteiger partial charge in [-0.15, -0.1) is 0 Å². The molecule has 1 aromatic rings. The molecular weight excluding hydrogens is 222 g/mol. The molecule has 0 aromatic carbocycles. The lowest BCUT2D eigenvalue weighted by Gasteiger charge is -2.27. The van der Waals surface area contributed by atoms with E-state index in [2.05, 4.69) is 28.2 Å². The standard InChI is InChI=1S/C12H18ClN3/c1-2-11-7-10(8-15-12(11)13)9-16-5-3-14-4-6-16/h7-8,14H,2-6,9H2,1H3. The van der Waals surface area contributed by atoms with Gasteiger partial charge in [0.1, 0.15) is 5.15 Å². The van der Waals surface area contributed by atoms with Crippen LogP contribution in [0.15, 0.2) is 12.3 Å².